The van der Waals surface area contributed by atoms with E-state index in [9.17, 15) is 14.4 Å². The Morgan fingerprint density at radius 3 is 2.50 bits per heavy atom. The monoisotopic (exact) mass is 323 g/mol. The molecule has 0 radical (unpaired) electrons. The minimum atomic E-state index is -0.402. The van der Waals surface area contributed by atoms with Crippen molar-refractivity contribution < 1.29 is 4.79 Å². The number of rotatable bonds is 3. The van der Waals surface area contributed by atoms with Crippen molar-refractivity contribution in [2.24, 2.45) is 0 Å². The average molecular weight is 323 g/mol. The van der Waals surface area contributed by atoms with Gasteiger partial charge >= 0.3 is 0 Å². The second kappa shape index (κ2) is 6.16. The maximum atomic E-state index is 12.4. The summed E-state index contributed by atoms with van der Waals surface area (Å²) in [6, 6.07) is 12.1. The molecule has 0 unspecified atom stereocenters. The number of aromatic nitrogens is 2. The second-order valence-electron chi connectivity index (χ2n) is 5.67. The molecule has 6 nitrogen and oxygen atoms in total. The van der Waals surface area contributed by atoms with Gasteiger partial charge in [0.25, 0.3) is 11.1 Å². The van der Waals surface area contributed by atoms with Gasteiger partial charge in [-0.25, -0.2) is 4.68 Å². The fourth-order valence-electron chi connectivity index (χ4n) is 2.58. The fraction of sp³-hybridized carbons (Fsp3) is 0.167. The average Bonchev–Trinajstić information content (AvgIpc) is 2.57. The van der Waals surface area contributed by atoms with Gasteiger partial charge in [0, 0.05) is 5.69 Å². The Bertz CT molecular complexity index is 1050. The predicted molar refractivity (Wildman–Crippen MR) is 93.4 cm³/mol. The van der Waals surface area contributed by atoms with E-state index in [0.717, 1.165) is 15.8 Å². The van der Waals surface area contributed by atoms with Gasteiger partial charge in [-0.2, -0.15) is 0 Å². The number of aryl methyl sites for hydroxylation is 1. The summed E-state index contributed by atoms with van der Waals surface area (Å²) in [6.07, 6.45) is 0. The van der Waals surface area contributed by atoms with Crippen LogP contribution in [0.2, 0.25) is 0 Å². The lowest BCUT2D eigenvalue weighted by atomic mass is 10.1. The first kappa shape index (κ1) is 15.7. The van der Waals surface area contributed by atoms with Crippen molar-refractivity contribution in [1.82, 2.24) is 9.78 Å². The van der Waals surface area contributed by atoms with Crippen LogP contribution in [0.4, 0.5) is 5.69 Å². The quantitative estimate of drug-likeness (QED) is 0.772. The molecule has 24 heavy (non-hydrogen) atoms. The van der Waals surface area contributed by atoms with E-state index in [0.29, 0.717) is 16.5 Å². The molecule has 3 rings (SSSR count). The Morgan fingerprint density at radius 2 is 1.75 bits per heavy atom. The molecule has 0 saturated carbocycles. The lowest BCUT2D eigenvalue weighted by molar-refractivity contribution is -0.117. The third-order valence-electron chi connectivity index (χ3n) is 4.06. The van der Waals surface area contributed by atoms with Gasteiger partial charge in [0.2, 0.25) is 5.91 Å². The number of carbonyl (C=O) groups excluding carboxylic acids is 1. The second-order valence-corrected chi connectivity index (χ2v) is 5.67. The minimum absolute atomic E-state index is 0.258. The zero-order chi connectivity index (χ0) is 17.3. The third kappa shape index (κ3) is 2.86. The van der Waals surface area contributed by atoms with E-state index in [2.05, 4.69) is 10.4 Å². The van der Waals surface area contributed by atoms with Crippen molar-refractivity contribution >= 4 is 22.4 Å². The molecule has 1 aromatic heterocycles. The Kier molecular flexibility index (Phi) is 4.04. The van der Waals surface area contributed by atoms with E-state index in [-0.39, 0.29) is 12.5 Å². The van der Waals surface area contributed by atoms with Gasteiger partial charge in [0.1, 0.15) is 6.54 Å². The smallest absolute Gasteiger partial charge is 0.273 e. The SMILES string of the molecule is Cc1cccc(NC(=O)Cn2[nH]c(=O)c3ccccc3c2=O)c1C. The van der Waals surface area contributed by atoms with Crippen molar-refractivity contribution in [1.29, 1.82) is 0 Å². The molecule has 0 spiro atoms. The van der Waals surface area contributed by atoms with Crippen molar-refractivity contribution in [2.75, 3.05) is 5.32 Å². The number of anilines is 1. The summed E-state index contributed by atoms with van der Waals surface area (Å²) in [5.41, 5.74) is 1.91. The van der Waals surface area contributed by atoms with Crippen LogP contribution in [0.3, 0.4) is 0 Å². The molecule has 0 aliphatic heterocycles. The van der Waals surface area contributed by atoms with Crippen LogP contribution in [0.5, 0.6) is 0 Å². The molecular weight excluding hydrogens is 306 g/mol. The zero-order valence-electron chi connectivity index (χ0n) is 13.4. The molecular formula is C18H17N3O3. The van der Waals surface area contributed by atoms with Crippen LogP contribution >= 0.6 is 0 Å². The van der Waals surface area contributed by atoms with Gasteiger partial charge < -0.3 is 5.32 Å². The molecule has 0 atom stereocenters. The van der Waals surface area contributed by atoms with Gasteiger partial charge in [-0.3, -0.25) is 19.5 Å². The molecule has 3 aromatic rings. The largest absolute Gasteiger partial charge is 0.324 e. The number of H-pyrrole nitrogens is 1. The van der Waals surface area contributed by atoms with Crippen LogP contribution in [0.15, 0.2) is 52.1 Å². The number of nitrogens with one attached hydrogen (secondary N) is 2. The van der Waals surface area contributed by atoms with Crippen LogP contribution in [0, 0.1) is 13.8 Å². The maximum Gasteiger partial charge on any atom is 0.273 e. The normalized spacial score (nSPS) is 10.8. The number of benzene rings is 2. The van der Waals surface area contributed by atoms with Gasteiger partial charge in [-0.05, 0) is 43.2 Å². The van der Waals surface area contributed by atoms with Crippen LogP contribution in [-0.4, -0.2) is 15.7 Å². The Labute approximate surface area is 137 Å². The molecule has 2 N–H and O–H groups in total. The van der Waals surface area contributed by atoms with E-state index >= 15 is 0 Å². The Hall–Kier alpha value is -3.15. The van der Waals surface area contributed by atoms with Crippen LogP contribution in [-0.2, 0) is 11.3 Å². The van der Waals surface area contributed by atoms with Gasteiger partial charge in [-0.15, -0.1) is 0 Å². The highest BCUT2D eigenvalue weighted by Crippen LogP contribution is 2.17. The number of hydrogen-bond acceptors (Lipinski definition) is 3. The first-order valence-electron chi connectivity index (χ1n) is 7.55. The molecule has 0 fully saturated rings. The molecule has 6 heteroatoms. The molecule has 0 aliphatic carbocycles. The number of nitrogens with zero attached hydrogens (tertiary/aromatic N) is 1. The number of amides is 1. The summed E-state index contributed by atoms with van der Waals surface area (Å²) in [7, 11) is 0. The van der Waals surface area contributed by atoms with Crippen molar-refractivity contribution in [3.63, 3.8) is 0 Å². The van der Waals surface area contributed by atoms with Gasteiger partial charge in [-0.1, -0.05) is 24.3 Å². The standard InChI is InChI=1S/C18H17N3O3/c1-11-6-5-9-15(12(11)2)19-16(22)10-21-18(24)14-8-4-3-7-13(14)17(23)20-21/h3-9H,10H2,1-2H3,(H,19,22)(H,20,23). The van der Waals surface area contributed by atoms with E-state index < -0.39 is 11.1 Å². The minimum Gasteiger partial charge on any atom is -0.324 e. The summed E-state index contributed by atoms with van der Waals surface area (Å²) in [4.78, 5) is 36.7. The zero-order valence-corrected chi connectivity index (χ0v) is 13.4. The lowest BCUT2D eigenvalue weighted by Crippen LogP contribution is -2.34. The van der Waals surface area contributed by atoms with Crippen LogP contribution in [0.1, 0.15) is 11.1 Å². The number of fused-ring (bicyclic) bond motifs is 1. The van der Waals surface area contributed by atoms with Crippen molar-refractivity contribution in [2.45, 2.75) is 20.4 Å². The highest BCUT2D eigenvalue weighted by Gasteiger charge is 2.11. The summed E-state index contributed by atoms with van der Waals surface area (Å²) in [6.45, 7) is 3.61. The number of hydrogen-bond donors (Lipinski definition) is 2. The predicted octanol–water partition coefficient (Wildman–Crippen LogP) is 1.95. The highest BCUT2D eigenvalue weighted by atomic mass is 16.2. The number of carbonyl (C=O) groups is 1. The molecule has 1 heterocycles. The Balaban J connectivity index is 1.91. The van der Waals surface area contributed by atoms with E-state index in [1.165, 1.54) is 0 Å². The maximum absolute atomic E-state index is 12.4. The van der Waals surface area contributed by atoms with E-state index in [1.54, 1.807) is 30.3 Å². The van der Waals surface area contributed by atoms with E-state index in [4.69, 9.17) is 0 Å². The summed E-state index contributed by atoms with van der Waals surface area (Å²) in [5, 5.41) is 5.83. The fourth-order valence-corrected chi connectivity index (χ4v) is 2.58. The van der Waals surface area contributed by atoms with Crippen LogP contribution < -0.4 is 16.4 Å². The van der Waals surface area contributed by atoms with Gasteiger partial charge in [0.15, 0.2) is 0 Å². The lowest BCUT2D eigenvalue weighted by Gasteiger charge is -2.11. The summed E-state index contributed by atoms with van der Waals surface area (Å²) in [5.74, 6) is -0.378. The first-order chi connectivity index (χ1) is 11.5. The summed E-state index contributed by atoms with van der Waals surface area (Å²) >= 11 is 0. The Morgan fingerprint density at radius 1 is 1.04 bits per heavy atom. The van der Waals surface area contributed by atoms with Gasteiger partial charge in [0.05, 0.1) is 10.8 Å². The van der Waals surface area contributed by atoms with E-state index in [1.807, 2.05) is 26.0 Å². The topological polar surface area (TPSA) is 84.0 Å². The molecule has 2 aromatic carbocycles. The highest BCUT2D eigenvalue weighted by molar-refractivity contribution is 5.91. The number of aromatic amines is 1. The molecule has 1 amide bonds. The molecule has 122 valence electrons. The van der Waals surface area contributed by atoms with Crippen molar-refractivity contribution in [3.05, 3.63) is 74.3 Å². The van der Waals surface area contributed by atoms with Crippen LogP contribution in [0.25, 0.3) is 10.8 Å². The first-order valence-corrected chi connectivity index (χ1v) is 7.55. The third-order valence-corrected chi connectivity index (χ3v) is 4.06. The molecule has 0 aliphatic rings. The molecule has 0 bridgehead atoms. The summed E-state index contributed by atoms with van der Waals surface area (Å²) < 4.78 is 1.03. The van der Waals surface area contributed by atoms with Crippen molar-refractivity contribution in [3.8, 4) is 0 Å². The molecule has 0 saturated heterocycles.